The first-order chi connectivity index (χ1) is 39.6. The van der Waals surface area contributed by atoms with Crippen LogP contribution < -0.4 is 5.32 Å². The van der Waals surface area contributed by atoms with Gasteiger partial charge in [0.25, 0.3) is 0 Å². The number of carbonyl (C=O) groups excluding carboxylic acids is 1. The molecule has 14 nitrogen and oxygen atoms in total. The van der Waals surface area contributed by atoms with Gasteiger partial charge in [0.1, 0.15) is 48.8 Å². The highest BCUT2D eigenvalue weighted by molar-refractivity contribution is 5.76. The van der Waals surface area contributed by atoms with Gasteiger partial charge in [-0.25, -0.2) is 0 Å². The van der Waals surface area contributed by atoms with Crippen molar-refractivity contribution in [2.24, 2.45) is 0 Å². The monoisotopic (exact) mass is 1150 g/mol. The molecule has 2 aliphatic heterocycles. The standard InChI is InChI=1S/C67H125NO13/c1-3-5-7-9-11-13-15-17-19-21-23-25-26-27-28-29-31-33-35-37-39-41-43-45-47-49-51-59(72)68-55(56(71)50-48-46-44-42-40-38-36-34-32-30-24-22-20-18-16-14-12-10-8-6-4-2)54-78-66-64(77)62(75)65(58(53-70)80-66)81-67-63(76)61(74)60(73)57(52-69)79-67/h32,34,40,42,48,50,55-58,60-67,69-71,73-77H,3-31,33,35-39,41,43-47,49,51-54H2,1-2H3,(H,68,72)/b34-32+,42-40+,50-48+. The van der Waals surface area contributed by atoms with E-state index in [2.05, 4.69) is 43.5 Å². The lowest BCUT2D eigenvalue weighted by molar-refractivity contribution is -0.359. The number of ether oxygens (including phenoxy) is 4. The van der Waals surface area contributed by atoms with Crippen LogP contribution in [-0.4, -0.2) is 140 Å². The van der Waals surface area contributed by atoms with Gasteiger partial charge in [-0.05, 0) is 44.9 Å². The largest absolute Gasteiger partial charge is 0.394 e. The number of unbranched alkanes of at least 4 members (excludes halogenated alkanes) is 38. The molecule has 0 aromatic heterocycles. The molecule has 2 saturated heterocycles. The molecule has 1 amide bonds. The number of hydrogen-bond donors (Lipinski definition) is 9. The van der Waals surface area contributed by atoms with Crippen LogP contribution in [0, 0.1) is 0 Å². The predicted octanol–water partition coefficient (Wildman–Crippen LogP) is 13.0. The summed E-state index contributed by atoms with van der Waals surface area (Å²) in [4.78, 5) is 13.3. The minimum Gasteiger partial charge on any atom is -0.394 e. The molecule has 0 spiro atoms. The van der Waals surface area contributed by atoms with E-state index in [1.54, 1.807) is 6.08 Å². The third-order valence-corrected chi connectivity index (χ3v) is 16.6. The summed E-state index contributed by atoms with van der Waals surface area (Å²) in [7, 11) is 0. The van der Waals surface area contributed by atoms with Gasteiger partial charge < -0.3 is 65.1 Å². The van der Waals surface area contributed by atoms with E-state index in [0.29, 0.717) is 12.8 Å². The fraction of sp³-hybridized carbons (Fsp3) is 0.896. The third kappa shape index (κ3) is 37.4. The second-order valence-electron chi connectivity index (χ2n) is 23.9. The molecular weight excluding hydrogens is 1030 g/mol. The van der Waals surface area contributed by atoms with E-state index in [1.807, 2.05) is 6.08 Å². The number of rotatable bonds is 55. The molecule has 0 radical (unpaired) electrons. The van der Waals surface area contributed by atoms with E-state index < -0.39 is 86.8 Å². The first kappa shape index (κ1) is 75.3. The zero-order chi connectivity index (χ0) is 58.8. The van der Waals surface area contributed by atoms with Gasteiger partial charge in [0.15, 0.2) is 12.6 Å². The van der Waals surface area contributed by atoms with Crippen molar-refractivity contribution < 1.29 is 64.6 Å². The molecule has 2 heterocycles. The van der Waals surface area contributed by atoms with E-state index in [9.17, 15) is 45.6 Å². The SMILES string of the molecule is CCCCCCCCCCCCC/C=C/CC/C=C/CC/C=C/C(O)C(COC1OC(CO)C(OC2OC(CO)C(O)C(O)C2O)C(O)C1O)NC(=O)CCCCCCCCCCCCCCCCCCCCCCCCCCCC. The highest BCUT2D eigenvalue weighted by atomic mass is 16.7. The smallest absolute Gasteiger partial charge is 0.220 e. The number of allylic oxidation sites excluding steroid dienone is 5. The second kappa shape index (κ2) is 52.5. The van der Waals surface area contributed by atoms with Crippen LogP contribution >= 0.6 is 0 Å². The average Bonchev–Trinajstić information content (AvgIpc) is 3.62. The van der Waals surface area contributed by atoms with Gasteiger partial charge in [0.05, 0.1) is 32.0 Å². The molecule has 2 rings (SSSR count). The summed E-state index contributed by atoms with van der Waals surface area (Å²) in [6.07, 6.45) is 49.1. The van der Waals surface area contributed by atoms with E-state index in [4.69, 9.17) is 18.9 Å². The van der Waals surface area contributed by atoms with Crippen molar-refractivity contribution >= 4 is 5.91 Å². The Kier molecular flexibility index (Phi) is 48.8. The summed E-state index contributed by atoms with van der Waals surface area (Å²) in [6.45, 7) is 2.81. The van der Waals surface area contributed by atoms with Crippen LogP contribution in [0.1, 0.15) is 290 Å². The summed E-state index contributed by atoms with van der Waals surface area (Å²) in [5.74, 6) is -0.248. The average molecular weight is 1150 g/mol. The minimum absolute atomic E-state index is 0.248. The number of carbonyl (C=O) groups is 1. The van der Waals surface area contributed by atoms with Crippen LogP contribution in [-0.2, 0) is 23.7 Å². The number of aliphatic hydroxyl groups excluding tert-OH is 8. The Hall–Kier alpha value is -1.79. The van der Waals surface area contributed by atoms with Gasteiger partial charge in [0.2, 0.25) is 5.91 Å². The maximum atomic E-state index is 13.3. The van der Waals surface area contributed by atoms with Gasteiger partial charge in [-0.2, -0.15) is 0 Å². The molecule has 14 heteroatoms. The van der Waals surface area contributed by atoms with Gasteiger partial charge in [-0.1, -0.05) is 275 Å². The van der Waals surface area contributed by atoms with Crippen LogP contribution in [0.4, 0.5) is 0 Å². The summed E-state index contributed by atoms with van der Waals surface area (Å²) in [5, 5.41) is 87.3. The quantitative estimate of drug-likeness (QED) is 0.0204. The number of hydrogen-bond acceptors (Lipinski definition) is 13. The zero-order valence-corrected chi connectivity index (χ0v) is 51.5. The van der Waals surface area contributed by atoms with Crippen LogP contribution in [0.15, 0.2) is 36.5 Å². The molecule has 476 valence electrons. The van der Waals surface area contributed by atoms with Crippen molar-refractivity contribution in [3.05, 3.63) is 36.5 Å². The Morgan fingerprint density at radius 3 is 1.21 bits per heavy atom. The first-order valence-corrected chi connectivity index (χ1v) is 33.7. The molecule has 2 aliphatic rings. The Labute approximate surface area is 493 Å². The Balaban J connectivity index is 1.72. The Bertz CT molecular complexity index is 1500. The van der Waals surface area contributed by atoms with Crippen LogP contribution in [0.5, 0.6) is 0 Å². The van der Waals surface area contributed by atoms with Crippen molar-refractivity contribution in [2.45, 2.75) is 364 Å². The highest BCUT2D eigenvalue weighted by Crippen LogP contribution is 2.30. The lowest BCUT2D eigenvalue weighted by Gasteiger charge is -2.46. The van der Waals surface area contributed by atoms with Gasteiger partial charge in [-0.3, -0.25) is 4.79 Å². The van der Waals surface area contributed by atoms with Crippen LogP contribution in [0.3, 0.4) is 0 Å². The molecule has 81 heavy (non-hydrogen) atoms. The Morgan fingerprint density at radius 1 is 0.432 bits per heavy atom. The molecule has 0 aliphatic carbocycles. The minimum atomic E-state index is -1.79. The van der Waals surface area contributed by atoms with E-state index in [0.717, 1.165) is 44.9 Å². The van der Waals surface area contributed by atoms with Crippen molar-refractivity contribution in [1.29, 1.82) is 0 Å². The lowest BCUT2D eigenvalue weighted by Crippen LogP contribution is -2.65. The van der Waals surface area contributed by atoms with Crippen molar-refractivity contribution in [3.8, 4) is 0 Å². The molecule has 12 atom stereocenters. The van der Waals surface area contributed by atoms with Crippen LogP contribution in [0.2, 0.25) is 0 Å². The maximum Gasteiger partial charge on any atom is 0.220 e. The van der Waals surface area contributed by atoms with Crippen LogP contribution in [0.25, 0.3) is 0 Å². The van der Waals surface area contributed by atoms with Gasteiger partial charge in [0, 0.05) is 6.42 Å². The molecule has 0 aromatic rings. The fourth-order valence-electron chi connectivity index (χ4n) is 11.2. The number of aliphatic hydroxyl groups is 8. The van der Waals surface area contributed by atoms with Crippen molar-refractivity contribution in [1.82, 2.24) is 5.32 Å². The summed E-state index contributed by atoms with van der Waals surface area (Å²) < 4.78 is 22.8. The van der Waals surface area contributed by atoms with Crippen molar-refractivity contribution in [3.63, 3.8) is 0 Å². The molecule has 0 bridgehead atoms. The second-order valence-corrected chi connectivity index (χ2v) is 23.9. The normalized spacial score (nSPS) is 24.3. The van der Waals surface area contributed by atoms with E-state index in [-0.39, 0.29) is 18.9 Å². The molecular formula is C67H125NO13. The molecule has 12 unspecified atom stereocenters. The molecule has 9 N–H and O–H groups in total. The number of nitrogens with one attached hydrogen (secondary N) is 1. The fourth-order valence-corrected chi connectivity index (χ4v) is 11.2. The topological polar surface area (TPSA) is 228 Å². The maximum absolute atomic E-state index is 13.3. The highest BCUT2D eigenvalue weighted by Gasteiger charge is 2.51. The molecule has 0 aromatic carbocycles. The van der Waals surface area contributed by atoms with E-state index >= 15 is 0 Å². The van der Waals surface area contributed by atoms with Crippen molar-refractivity contribution in [2.75, 3.05) is 19.8 Å². The number of amides is 1. The lowest BCUT2D eigenvalue weighted by atomic mass is 9.97. The molecule has 2 fully saturated rings. The summed E-state index contributed by atoms with van der Waals surface area (Å²) in [5.41, 5.74) is 0. The summed E-state index contributed by atoms with van der Waals surface area (Å²) >= 11 is 0. The predicted molar refractivity (Wildman–Crippen MR) is 328 cm³/mol. The summed E-state index contributed by atoms with van der Waals surface area (Å²) in [6, 6.07) is -0.936. The van der Waals surface area contributed by atoms with Gasteiger partial charge >= 0.3 is 0 Å². The Morgan fingerprint density at radius 2 is 0.790 bits per heavy atom. The first-order valence-electron chi connectivity index (χ1n) is 33.7. The molecule has 0 saturated carbocycles. The van der Waals surface area contributed by atoms with E-state index in [1.165, 1.54) is 212 Å². The van der Waals surface area contributed by atoms with Gasteiger partial charge in [-0.15, -0.1) is 0 Å². The zero-order valence-electron chi connectivity index (χ0n) is 51.5. The third-order valence-electron chi connectivity index (χ3n) is 16.6.